The van der Waals surface area contributed by atoms with E-state index in [2.05, 4.69) is 16.9 Å². The van der Waals surface area contributed by atoms with Gasteiger partial charge in [0.05, 0.1) is 48.4 Å². The highest BCUT2D eigenvalue weighted by Gasteiger charge is 2.67. The van der Waals surface area contributed by atoms with E-state index in [1.54, 1.807) is 18.6 Å². The number of carbonyl (C=O) groups excluding carboxylic acids is 3. The molecule has 1 aromatic carbocycles. The molecule has 1 unspecified atom stereocenters. The molecule has 4 aromatic rings. The molecular formula is C43H54N5O8PS2. The molecule has 0 bridgehead atoms. The van der Waals surface area contributed by atoms with Gasteiger partial charge in [0.15, 0.2) is 15.7 Å². The third-order valence-corrected chi connectivity index (χ3v) is 16.8. The fraction of sp³-hybridized carbons (Fsp3) is 0.535. The lowest BCUT2D eigenvalue weighted by Gasteiger charge is -2.35. The Morgan fingerprint density at radius 3 is 2.53 bits per heavy atom. The van der Waals surface area contributed by atoms with Gasteiger partial charge in [-0.2, -0.15) is 0 Å². The van der Waals surface area contributed by atoms with Gasteiger partial charge >= 0.3 is 5.97 Å². The molecule has 2 saturated carbocycles. The van der Waals surface area contributed by atoms with Gasteiger partial charge in [-0.3, -0.25) is 18.9 Å². The van der Waals surface area contributed by atoms with E-state index in [9.17, 15) is 23.8 Å². The zero-order valence-corrected chi connectivity index (χ0v) is 37.0. The van der Waals surface area contributed by atoms with Crippen LogP contribution in [0.2, 0.25) is 0 Å². The molecule has 1 amide bonds. The smallest absolute Gasteiger partial charge is 0.306 e. The van der Waals surface area contributed by atoms with Crippen molar-refractivity contribution >= 4 is 68.5 Å². The Labute approximate surface area is 353 Å². The van der Waals surface area contributed by atoms with E-state index >= 15 is 0 Å². The summed E-state index contributed by atoms with van der Waals surface area (Å²) >= 11 is 2.56. The van der Waals surface area contributed by atoms with Crippen LogP contribution >= 0.6 is 30.0 Å². The average molecular weight is 864 g/mol. The quantitative estimate of drug-likeness (QED) is 0.0633. The summed E-state index contributed by atoms with van der Waals surface area (Å²) in [6.45, 7) is 13.8. The molecule has 316 valence electrons. The van der Waals surface area contributed by atoms with E-state index in [0.29, 0.717) is 40.2 Å². The van der Waals surface area contributed by atoms with Gasteiger partial charge in [-0.25, -0.2) is 15.0 Å². The van der Waals surface area contributed by atoms with Crippen LogP contribution in [0.15, 0.2) is 53.9 Å². The topological polar surface area (TPSA) is 170 Å². The molecule has 4 heterocycles. The van der Waals surface area contributed by atoms with Crippen molar-refractivity contribution in [2.75, 3.05) is 19.0 Å². The molecule has 3 fully saturated rings. The summed E-state index contributed by atoms with van der Waals surface area (Å²) in [4.78, 5) is 70.1. The third kappa shape index (κ3) is 8.99. The minimum Gasteiger partial charge on any atom is -0.497 e. The number of ether oxygens (including phenoxy) is 3. The Morgan fingerprint density at radius 2 is 1.88 bits per heavy atom. The van der Waals surface area contributed by atoms with Crippen LogP contribution in [0, 0.1) is 17.3 Å². The first kappa shape index (κ1) is 42.9. The number of hydrogen-bond acceptors (Lipinski definition) is 13. The maximum absolute atomic E-state index is 14.9. The van der Waals surface area contributed by atoms with Crippen LogP contribution in [0.1, 0.15) is 86.0 Å². The molecule has 2 N–H and O–H groups in total. The van der Waals surface area contributed by atoms with Crippen molar-refractivity contribution in [3.05, 3.63) is 53.9 Å². The number of esters is 1. The van der Waals surface area contributed by atoms with Crippen molar-refractivity contribution < 1.29 is 38.1 Å². The van der Waals surface area contributed by atoms with Crippen LogP contribution < -0.4 is 19.5 Å². The predicted molar refractivity (Wildman–Crippen MR) is 231 cm³/mol. The van der Waals surface area contributed by atoms with Crippen LogP contribution in [0.5, 0.6) is 11.5 Å². The first-order chi connectivity index (χ1) is 28.0. The van der Waals surface area contributed by atoms with Crippen molar-refractivity contribution in [3.8, 4) is 22.9 Å². The molecular weight excluding hydrogens is 810 g/mol. The van der Waals surface area contributed by atoms with Gasteiger partial charge in [-0.05, 0) is 69.4 Å². The number of carbonyl (C=O) groups is 3. The summed E-state index contributed by atoms with van der Waals surface area (Å²) in [6, 6.07) is 6.53. The lowest BCUT2D eigenvalue weighted by Crippen LogP contribution is -2.48. The normalized spacial score (nSPS) is 23.5. The van der Waals surface area contributed by atoms with E-state index < -0.39 is 42.0 Å². The number of ketones is 1. The van der Waals surface area contributed by atoms with E-state index in [1.165, 1.54) is 22.4 Å². The fourth-order valence-corrected chi connectivity index (χ4v) is 13.0. The van der Waals surface area contributed by atoms with Gasteiger partial charge < -0.3 is 29.3 Å². The average Bonchev–Trinajstić information content (AvgIpc) is 3.84. The number of thiazole rings is 2. The Balaban J connectivity index is 1.23. The van der Waals surface area contributed by atoms with Crippen molar-refractivity contribution in [2.45, 2.75) is 115 Å². The number of allylic oxidation sites excluding steroid dienone is 1. The molecule has 1 saturated heterocycles. The highest BCUT2D eigenvalue weighted by Crippen LogP contribution is 2.72. The van der Waals surface area contributed by atoms with Gasteiger partial charge in [-0.15, -0.1) is 29.3 Å². The highest BCUT2D eigenvalue weighted by atomic mass is 32.1. The van der Waals surface area contributed by atoms with Crippen molar-refractivity contribution in [1.82, 2.24) is 19.9 Å². The number of Topliss-reactive ketones (excluding diaryl/α,β-unsaturated/α-hetero) is 1. The molecule has 13 nitrogen and oxygen atoms in total. The number of pyridine rings is 1. The zero-order chi connectivity index (χ0) is 42.3. The fourth-order valence-electron chi connectivity index (χ4n) is 8.48. The first-order valence-corrected chi connectivity index (χ1v) is 23.7. The SMILES string of the molecule is C=C[C@@H]1C[C@]1(CC(=O)[C@@H]1C[C@@H](Oc2cc(-c3csc(NC(C)C)n3)nc3cc(OC)ccc23)CN1C(=O)[C@@H](CC(=O)OC1CCCC1)C(C)(C)C)P(=O)(O)c1nccs1. The second-order valence-corrected chi connectivity index (χ2v) is 21.9. The second kappa shape index (κ2) is 17.1. The van der Waals surface area contributed by atoms with Gasteiger partial charge in [-0.1, -0.05) is 26.8 Å². The minimum absolute atomic E-state index is 0.0507. The van der Waals surface area contributed by atoms with Crippen molar-refractivity contribution in [3.63, 3.8) is 0 Å². The minimum atomic E-state index is -4.13. The van der Waals surface area contributed by atoms with Crippen LogP contribution in [0.4, 0.5) is 5.13 Å². The number of aromatic nitrogens is 3. The number of hydrogen-bond donors (Lipinski definition) is 2. The summed E-state index contributed by atoms with van der Waals surface area (Å²) in [6.07, 6.45) is 5.95. The zero-order valence-electron chi connectivity index (χ0n) is 34.5. The second-order valence-electron chi connectivity index (χ2n) is 17.4. The number of nitrogens with one attached hydrogen (secondary N) is 1. The van der Waals surface area contributed by atoms with E-state index in [0.717, 1.165) is 42.2 Å². The lowest BCUT2D eigenvalue weighted by molar-refractivity contribution is -0.156. The monoisotopic (exact) mass is 863 g/mol. The number of benzene rings is 1. The highest BCUT2D eigenvalue weighted by molar-refractivity contribution is 7.73. The maximum Gasteiger partial charge on any atom is 0.306 e. The Bertz CT molecular complexity index is 2250. The molecule has 1 aliphatic heterocycles. The number of likely N-dealkylation sites (tertiary alicyclic amines) is 1. The Morgan fingerprint density at radius 1 is 1.12 bits per heavy atom. The molecule has 16 heteroatoms. The number of nitrogens with zero attached hydrogens (tertiary/aromatic N) is 4. The van der Waals surface area contributed by atoms with Gasteiger partial charge in [0.1, 0.15) is 29.4 Å². The van der Waals surface area contributed by atoms with Crippen LogP contribution in [-0.4, -0.2) is 85.5 Å². The lowest BCUT2D eigenvalue weighted by atomic mass is 9.77. The maximum atomic E-state index is 14.9. The molecule has 0 radical (unpaired) electrons. The van der Waals surface area contributed by atoms with Gasteiger partial charge in [0.2, 0.25) is 5.91 Å². The molecule has 59 heavy (non-hydrogen) atoms. The van der Waals surface area contributed by atoms with Crippen LogP contribution in [0.25, 0.3) is 22.3 Å². The predicted octanol–water partition coefficient (Wildman–Crippen LogP) is 8.03. The standard InChI is InChI=1S/C43H54N5O8PS2/c1-8-26-21-43(26,57(52,53)41-44-15-16-58-41)22-36(49)35-18-29(23-48(35)39(51)31(42(4,5)6)19-38(50)56-27-11-9-10-12-27)55-37-20-33(34-24-59-40(47-34)45-25(2)3)46-32-17-28(54-7)13-14-30(32)37/h8,13-17,20,24-27,29,31,35H,1,9-12,18-19,21-23H2,2-7H3,(H,45,47)(H,52,53)/t26-,29-,31-,35+,43-/m1/s1. The molecule has 3 aromatic heterocycles. The van der Waals surface area contributed by atoms with Gasteiger partial charge in [0, 0.05) is 53.4 Å². The van der Waals surface area contributed by atoms with E-state index in [1.807, 2.05) is 64.3 Å². The number of rotatable bonds is 16. The largest absolute Gasteiger partial charge is 0.497 e. The van der Waals surface area contributed by atoms with E-state index in [-0.39, 0.29) is 60.3 Å². The Kier molecular flexibility index (Phi) is 12.4. The van der Waals surface area contributed by atoms with Crippen molar-refractivity contribution in [1.29, 1.82) is 0 Å². The summed E-state index contributed by atoms with van der Waals surface area (Å²) in [7, 11) is -2.55. The van der Waals surface area contributed by atoms with E-state index in [4.69, 9.17) is 24.2 Å². The molecule has 7 rings (SSSR count). The summed E-state index contributed by atoms with van der Waals surface area (Å²) in [5.74, 6) is -1.22. The number of fused-ring (bicyclic) bond motifs is 1. The van der Waals surface area contributed by atoms with Crippen molar-refractivity contribution in [2.24, 2.45) is 17.3 Å². The number of anilines is 1. The first-order valence-electron chi connectivity index (χ1n) is 20.3. The number of methoxy groups -OCH3 is 1. The molecule has 0 spiro atoms. The molecule has 6 atom stereocenters. The van der Waals surface area contributed by atoms with Crippen LogP contribution in [-0.2, 0) is 23.7 Å². The summed E-state index contributed by atoms with van der Waals surface area (Å²) in [5, 5.41) is 7.08. The van der Waals surface area contributed by atoms with Crippen LogP contribution in [0.3, 0.4) is 0 Å². The summed E-state index contributed by atoms with van der Waals surface area (Å²) < 4.78 is 32.5. The molecule has 2 aliphatic carbocycles. The Hall–Kier alpha value is -4.17. The summed E-state index contributed by atoms with van der Waals surface area (Å²) in [5.41, 5.74) is 1.18. The molecule has 3 aliphatic rings. The third-order valence-electron chi connectivity index (χ3n) is 11.8. The number of amides is 1. The van der Waals surface area contributed by atoms with Gasteiger partial charge in [0.25, 0.3) is 7.37 Å².